The van der Waals surface area contributed by atoms with Gasteiger partial charge in [-0.3, -0.25) is 4.79 Å². The van der Waals surface area contributed by atoms with E-state index in [1.54, 1.807) is 12.1 Å². The van der Waals surface area contributed by atoms with Crippen LogP contribution in [-0.2, 0) is 9.59 Å². The maximum absolute atomic E-state index is 11.6. The normalized spacial score (nSPS) is 11.7. The van der Waals surface area contributed by atoms with E-state index in [0.717, 1.165) is 5.56 Å². The van der Waals surface area contributed by atoms with E-state index >= 15 is 0 Å². The highest BCUT2D eigenvalue weighted by Gasteiger charge is 2.18. The lowest BCUT2D eigenvalue weighted by molar-refractivity contribution is -0.142. The summed E-state index contributed by atoms with van der Waals surface area (Å²) in [6, 6.07) is 6.45. The van der Waals surface area contributed by atoms with Gasteiger partial charge in [0, 0.05) is 0 Å². The van der Waals surface area contributed by atoms with Crippen LogP contribution in [0.4, 0.5) is 0 Å². The van der Waals surface area contributed by atoms with Crippen LogP contribution in [0.3, 0.4) is 0 Å². The van der Waals surface area contributed by atoms with Gasteiger partial charge in [-0.25, -0.2) is 4.79 Å². The summed E-state index contributed by atoms with van der Waals surface area (Å²) in [5.74, 6) is -0.866. The first kappa shape index (κ1) is 15.0. The average molecular weight is 265 g/mol. The molecule has 0 fully saturated rings. The number of carboxylic acid groups (broad SMARTS) is 1. The SMILES string of the molecule is CCC[C@@H](NC(=O)COc1ccc(C)cc1)C(=O)O. The first-order valence-electron chi connectivity index (χ1n) is 6.24. The molecule has 0 aliphatic carbocycles. The Balaban J connectivity index is 2.42. The summed E-state index contributed by atoms with van der Waals surface area (Å²) in [4.78, 5) is 22.5. The molecule has 0 unspecified atom stereocenters. The van der Waals surface area contributed by atoms with Crippen molar-refractivity contribution in [1.29, 1.82) is 0 Å². The van der Waals surface area contributed by atoms with Gasteiger partial charge in [0.05, 0.1) is 0 Å². The molecular formula is C14H19NO4. The Morgan fingerprint density at radius 3 is 2.47 bits per heavy atom. The summed E-state index contributed by atoms with van der Waals surface area (Å²) >= 11 is 0. The summed E-state index contributed by atoms with van der Waals surface area (Å²) in [6.45, 7) is 3.64. The smallest absolute Gasteiger partial charge is 0.326 e. The fourth-order valence-corrected chi connectivity index (χ4v) is 1.57. The second kappa shape index (κ2) is 7.41. The molecule has 5 heteroatoms. The lowest BCUT2D eigenvalue weighted by Crippen LogP contribution is -2.42. The van der Waals surface area contributed by atoms with E-state index in [4.69, 9.17) is 9.84 Å². The van der Waals surface area contributed by atoms with Crippen molar-refractivity contribution in [2.45, 2.75) is 32.7 Å². The number of rotatable bonds is 7. The van der Waals surface area contributed by atoms with Crippen LogP contribution in [0.15, 0.2) is 24.3 Å². The Labute approximate surface area is 112 Å². The highest BCUT2D eigenvalue weighted by atomic mass is 16.5. The van der Waals surface area contributed by atoms with Crippen molar-refractivity contribution in [3.05, 3.63) is 29.8 Å². The number of carbonyl (C=O) groups is 2. The summed E-state index contributed by atoms with van der Waals surface area (Å²) in [7, 11) is 0. The Morgan fingerprint density at radius 2 is 1.95 bits per heavy atom. The van der Waals surface area contributed by atoms with E-state index in [2.05, 4.69) is 5.32 Å². The van der Waals surface area contributed by atoms with Crippen LogP contribution in [-0.4, -0.2) is 29.6 Å². The summed E-state index contributed by atoms with van der Waals surface area (Å²) in [6.07, 6.45) is 1.10. The fraction of sp³-hybridized carbons (Fsp3) is 0.429. The molecule has 0 bridgehead atoms. The molecule has 0 aliphatic rings. The predicted molar refractivity (Wildman–Crippen MR) is 71.1 cm³/mol. The molecule has 0 aliphatic heterocycles. The van der Waals surface area contributed by atoms with Gasteiger partial charge in [-0.1, -0.05) is 31.0 Å². The number of carboxylic acids is 1. The standard InChI is InChI=1S/C14H19NO4/c1-3-4-12(14(17)18)15-13(16)9-19-11-7-5-10(2)6-8-11/h5-8,12H,3-4,9H2,1-2H3,(H,15,16)(H,17,18)/t12-/m1/s1. The molecule has 0 heterocycles. The zero-order valence-electron chi connectivity index (χ0n) is 11.2. The minimum Gasteiger partial charge on any atom is -0.484 e. The van der Waals surface area contributed by atoms with Crippen LogP contribution in [0, 0.1) is 6.92 Å². The number of carbonyl (C=O) groups excluding carboxylic acids is 1. The van der Waals surface area contributed by atoms with Crippen molar-refractivity contribution in [3.63, 3.8) is 0 Å². The minimum atomic E-state index is -1.02. The van der Waals surface area contributed by atoms with Gasteiger partial charge >= 0.3 is 5.97 Å². The molecule has 2 N–H and O–H groups in total. The first-order chi connectivity index (χ1) is 9.02. The highest BCUT2D eigenvalue weighted by Crippen LogP contribution is 2.11. The molecule has 0 aromatic heterocycles. The molecule has 1 atom stereocenters. The van der Waals surface area contributed by atoms with Crippen LogP contribution in [0.2, 0.25) is 0 Å². The lowest BCUT2D eigenvalue weighted by Gasteiger charge is -2.13. The van der Waals surface area contributed by atoms with E-state index in [0.29, 0.717) is 18.6 Å². The largest absolute Gasteiger partial charge is 0.484 e. The predicted octanol–water partition coefficient (Wildman–Crippen LogP) is 1.74. The highest BCUT2D eigenvalue weighted by molar-refractivity contribution is 5.84. The summed E-state index contributed by atoms with van der Waals surface area (Å²) in [5, 5.41) is 11.3. The Kier molecular flexibility index (Phi) is 5.85. The van der Waals surface area contributed by atoms with Gasteiger partial charge in [-0.15, -0.1) is 0 Å². The average Bonchev–Trinajstić information content (AvgIpc) is 2.37. The molecule has 1 rings (SSSR count). The van der Waals surface area contributed by atoms with E-state index in [1.807, 2.05) is 26.0 Å². The van der Waals surface area contributed by atoms with Crippen LogP contribution in [0.5, 0.6) is 5.75 Å². The topological polar surface area (TPSA) is 75.6 Å². The van der Waals surface area contributed by atoms with Gasteiger partial charge in [0.2, 0.25) is 0 Å². The third-order valence-corrected chi connectivity index (χ3v) is 2.60. The zero-order chi connectivity index (χ0) is 14.3. The molecule has 1 aromatic carbocycles. The van der Waals surface area contributed by atoms with Crippen molar-refractivity contribution in [2.24, 2.45) is 0 Å². The van der Waals surface area contributed by atoms with Crippen LogP contribution < -0.4 is 10.1 Å². The number of benzene rings is 1. The molecule has 104 valence electrons. The van der Waals surface area contributed by atoms with Crippen LogP contribution in [0.25, 0.3) is 0 Å². The quantitative estimate of drug-likeness (QED) is 0.787. The number of hydrogen-bond donors (Lipinski definition) is 2. The van der Waals surface area contributed by atoms with Crippen molar-refractivity contribution in [3.8, 4) is 5.75 Å². The van der Waals surface area contributed by atoms with Crippen molar-refractivity contribution in [2.75, 3.05) is 6.61 Å². The van der Waals surface area contributed by atoms with E-state index < -0.39 is 17.9 Å². The molecule has 0 saturated heterocycles. The molecule has 19 heavy (non-hydrogen) atoms. The summed E-state index contributed by atoms with van der Waals surface area (Å²) < 4.78 is 5.28. The molecule has 0 saturated carbocycles. The monoisotopic (exact) mass is 265 g/mol. The van der Waals surface area contributed by atoms with E-state index in [1.165, 1.54) is 0 Å². The number of aliphatic carboxylic acids is 1. The van der Waals surface area contributed by atoms with Crippen molar-refractivity contribution >= 4 is 11.9 Å². The van der Waals surface area contributed by atoms with E-state index in [-0.39, 0.29) is 6.61 Å². The van der Waals surface area contributed by atoms with Crippen LogP contribution in [0.1, 0.15) is 25.3 Å². The van der Waals surface area contributed by atoms with Crippen LogP contribution >= 0.6 is 0 Å². The fourth-order valence-electron chi connectivity index (χ4n) is 1.57. The second-order valence-corrected chi connectivity index (χ2v) is 4.35. The zero-order valence-corrected chi connectivity index (χ0v) is 11.2. The maximum atomic E-state index is 11.6. The Hall–Kier alpha value is -2.04. The lowest BCUT2D eigenvalue weighted by atomic mass is 10.2. The van der Waals surface area contributed by atoms with Gasteiger partial charge in [-0.05, 0) is 25.5 Å². The van der Waals surface area contributed by atoms with Crippen molar-refractivity contribution < 1.29 is 19.4 Å². The van der Waals surface area contributed by atoms with E-state index in [9.17, 15) is 9.59 Å². The van der Waals surface area contributed by atoms with Gasteiger partial charge in [0.25, 0.3) is 5.91 Å². The Morgan fingerprint density at radius 1 is 1.32 bits per heavy atom. The summed E-state index contributed by atoms with van der Waals surface area (Å²) in [5.41, 5.74) is 1.10. The molecule has 0 spiro atoms. The number of aryl methyl sites for hydroxylation is 1. The minimum absolute atomic E-state index is 0.184. The molecule has 1 aromatic rings. The molecular weight excluding hydrogens is 246 g/mol. The third kappa shape index (κ3) is 5.42. The van der Waals surface area contributed by atoms with Gasteiger partial charge in [0.15, 0.2) is 6.61 Å². The maximum Gasteiger partial charge on any atom is 0.326 e. The third-order valence-electron chi connectivity index (χ3n) is 2.60. The van der Waals surface area contributed by atoms with Gasteiger partial charge < -0.3 is 15.2 Å². The first-order valence-corrected chi connectivity index (χ1v) is 6.24. The number of nitrogens with one attached hydrogen (secondary N) is 1. The Bertz CT molecular complexity index is 428. The second-order valence-electron chi connectivity index (χ2n) is 4.35. The number of hydrogen-bond acceptors (Lipinski definition) is 3. The van der Waals surface area contributed by atoms with Crippen molar-refractivity contribution in [1.82, 2.24) is 5.32 Å². The molecule has 0 radical (unpaired) electrons. The van der Waals surface area contributed by atoms with Gasteiger partial charge in [0.1, 0.15) is 11.8 Å². The number of ether oxygens (including phenoxy) is 1. The molecule has 1 amide bonds. The van der Waals surface area contributed by atoms with Gasteiger partial charge in [-0.2, -0.15) is 0 Å². The number of amides is 1. The molecule has 5 nitrogen and oxygen atoms in total.